The van der Waals surface area contributed by atoms with Gasteiger partial charge in [0.15, 0.2) is 5.78 Å². The standard InChI is InChI=1S/C13H16FNO4S/c1-10(16)11-4-5-13(19-20(14,17)18)12(8-11)9-15-6-2-3-7-15/h4-5,8H,2-3,6-7,9H2,1H3. The molecule has 1 aromatic rings. The Hall–Kier alpha value is -1.47. The summed E-state index contributed by atoms with van der Waals surface area (Å²) in [5.41, 5.74) is 0.948. The number of rotatable bonds is 5. The minimum Gasteiger partial charge on any atom is -0.358 e. The normalized spacial score (nSPS) is 16.3. The Morgan fingerprint density at radius 3 is 2.55 bits per heavy atom. The van der Waals surface area contributed by atoms with E-state index in [-0.39, 0.29) is 11.5 Å². The van der Waals surface area contributed by atoms with Crippen LogP contribution in [0.15, 0.2) is 18.2 Å². The van der Waals surface area contributed by atoms with Crippen LogP contribution in [0.25, 0.3) is 0 Å². The Bertz CT molecular complexity index is 609. The second-order valence-corrected chi connectivity index (χ2v) is 5.79. The van der Waals surface area contributed by atoms with Crippen LogP contribution < -0.4 is 4.18 Å². The van der Waals surface area contributed by atoms with Crippen LogP contribution in [-0.2, 0) is 17.0 Å². The first-order valence-corrected chi connectivity index (χ1v) is 7.66. The number of carbonyl (C=O) groups is 1. The van der Waals surface area contributed by atoms with E-state index in [4.69, 9.17) is 0 Å². The quantitative estimate of drug-likeness (QED) is 0.615. The second-order valence-electron chi connectivity index (χ2n) is 4.84. The van der Waals surface area contributed by atoms with Gasteiger partial charge in [0, 0.05) is 17.7 Å². The van der Waals surface area contributed by atoms with E-state index in [1.807, 2.05) is 0 Å². The van der Waals surface area contributed by atoms with Crippen LogP contribution in [0.4, 0.5) is 3.89 Å². The predicted octanol–water partition coefficient (Wildman–Crippen LogP) is 2.08. The number of halogens is 1. The molecule has 0 bridgehead atoms. The second kappa shape index (κ2) is 5.88. The zero-order chi connectivity index (χ0) is 14.8. The van der Waals surface area contributed by atoms with Crippen LogP contribution in [0.5, 0.6) is 5.75 Å². The highest BCUT2D eigenvalue weighted by atomic mass is 32.3. The summed E-state index contributed by atoms with van der Waals surface area (Å²) in [6.45, 7) is 3.64. The fraction of sp³-hybridized carbons (Fsp3) is 0.462. The van der Waals surface area contributed by atoms with Crippen LogP contribution in [0, 0.1) is 0 Å². The summed E-state index contributed by atoms with van der Waals surface area (Å²) in [5, 5.41) is 0. The topological polar surface area (TPSA) is 63.7 Å². The molecule has 0 aliphatic carbocycles. The van der Waals surface area contributed by atoms with Crippen molar-refractivity contribution in [2.75, 3.05) is 13.1 Å². The lowest BCUT2D eigenvalue weighted by atomic mass is 10.1. The van der Waals surface area contributed by atoms with Gasteiger partial charge in [-0.1, -0.05) is 3.89 Å². The van der Waals surface area contributed by atoms with Gasteiger partial charge in [-0.3, -0.25) is 9.69 Å². The fourth-order valence-corrected chi connectivity index (χ4v) is 2.67. The molecule has 1 heterocycles. The van der Waals surface area contributed by atoms with Gasteiger partial charge in [-0.2, -0.15) is 8.42 Å². The van der Waals surface area contributed by atoms with Crippen molar-refractivity contribution in [2.45, 2.75) is 26.3 Å². The SMILES string of the molecule is CC(=O)c1ccc(OS(=O)(=O)F)c(CN2CCCC2)c1. The van der Waals surface area contributed by atoms with Crippen molar-refractivity contribution in [3.63, 3.8) is 0 Å². The molecular weight excluding hydrogens is 285 g/mol. The summed E-state index contributed by atoms with van der Waals surface area (Å²) in [5.74, 6) is -0.202. The Morgan fingerprint density at radius 1 is 1.35 bits per heavy atom. The number of benzene rings is 1. The average molecular weight is 301 g/mol. The van der Waals surface area contributed by atoms with E-state index in [0.29, 0.717) is 17.7 Å². The molecule has 0 atom stereocenters. The third kappa shape index (κ3) is 4.01. The number of nitrogens with zero attached hydrogens (tertiary/aromatic N) is 1. The third-order valence-electron chi connectivity index (χ3n) is 3.25. The lowest BCUT2D eigenvalue weighted by molar-refractivity contribution is 0.101. The van der Waals surface area contributed by atoms with E-state index in [1.54, 1.807) is 6.07 Å². The largest absolute Gasteiger partial charge is 0.488 e. The van der Waals surface area contributed by atoms with Crippen molar-refractivity contribution in [3.05, 3.63) is 29.3 Å². The Labute approximate surface area is 117 Å². The van der Waals surface area contributed by atoms with Gasteiger partial charge in [-0.25, -0.2) is 0 Å². The summed E-state index contributed by atoms with van der Waals surface area (Å²) >= 11 is 0. The molecule has 1 aromatic carbocycles. The first-order valence-electron chi connectivity index (χ1n) is 6.35. The van der Waals surface area contributed by atoms with E-state index in [2.05, 4.69) is 9.08 Å². The maximum Gasteiger partial charge on any atom is 0.488 e. The Balaban J connectivity index is 2.31. The van der Waals surface area contributed by atoms with E-state index in [0.717, 1.165) is 25.9 Å². The molecule has 0 saturated carbocycles. The maximum atomic E-state index is 12.7. The highest BCUT2D eigenvalue weighted by Crippen LogP contribution is 2.25. The summed E-state index contributed by atoms with van der Waals surface area (Å²) < 4.78 is 38.3. The number of likely N-dealkylation sites (tertiary alicyclic amines) is 1. The van der Waals surface area contributed by atoms with Crippen LogP contribution in [-0.4, -0.2) is 32.2 Å². The number of hydrogen-bond donors (Lipinski definition) is 0. The van der Waals surface area contributed by atoms with Gasteiger partial charge in [0.05, 0.1) is 0 Å². The van der Waals surface area contributed by atoms with E-state index < -0.39 is 10.5 Å². The van der Waals surface area contributed by atoms with Gasteiger partial charge in [0.1, 0.15) is 5.75 Å². The molecule has 1 saturated heterocycles. The minimum absolute atomic E-state index is 0.0654. The first kappa shape index (κ1) is 14.9. The molecular formula is C13H16FNO4S. The molecule has 110 valence electrons. The summed E-state index contributed by atoms with van der Waals surface area (Å²) in [7, 11) is -5.07. The van der Waals surface area contributed by atoms with E-state index >= 15 is 0 Å². The van der Waals surface area contributed by atoms with Crippen LogP contribution in [0.1, 0.15) is 35.7 Å². The molecule has 0 N–H and O–H groups in total. The molecule has 0 amide bonds. The Kier molecular flexibility index (Phi) is 4.39. The lowest BCUT2D eigenvalue weighted by Gasteiger charge is -2.17. The minimum atomic E-state index is -5.07. The highest BCUT2D eigenvalue weighted by Gasteiger charge is 2.19. The van der Waals surface area contributed by atoms with E-state index in [1.165, 1.54) is 19.1 Å². The van der Waals surface area contributed by atoms with Gasteiger partial charge in [-0.15, -0.1) is 0 Å². The molecule has 7 heteroatoms. The zero-order valence-corrected chi connectivity index (χ0v) is 12.0. The number of ketones is 1. The molecule has 2 rings (SSSR count). The lowest BCUT2D eigenvalue weighted by Crippen LogP contribution is -2.19. The summed E-state index contributed by atoms with van der Waals surface area (Å²) in [4.78, 5) is 13.5. The van der Waals surface area contributed by atoms with Gasteiger partial charge in [0.2, 0.25) is 0 Å². The molecule has 1 fully saturated rings. The monoisotopic (exact) mass is 301 g/mol. The molecule has 0 radical (unpaired) electrons. The number of Topliss-reactive ketones (excluding diaryl/α,β-unsaturated/α-hetero) is 1. The summed E-state index contributed by atoms with van der Waals surface area (Å²) in [6.07, 6.45) is 2.15. The van der Waals surface area contributed by atoms with Gasteiger partial charge in [0.25, 0.3) is 0 Å². The predicted molar refractivity (Wildman–Crippen MR) is 71.6 cm³/mol. The van der Waals surface area contributed by atoms with Crippen LogP contribution in [0.2, 0.25) is 0 Å². The van der Waals surface area contributed by atoms with Crippen molar-refractivity contribution in [1.29, 1.82) is 0 Å². The van der Waals surface area contributed by atoms with Crippen LogP contribution >= 0.6 is 0 Å². The van der Waals surface area contributed by atoms with E-state index in [9.17, 15) is 17.1 Å². The van der Waals surface area contributed by atoms with Gasteiger partial charge >= 0.3 is 10.5 Å². The van der Waals surface area contributed by atoms with Gasteiger partial charge in [-0.05, 0) is 51.1 Å². The Morgan fingerprint density at radius 2 is 2.00 bits per heavy atom. The average Bonchev–Trinajstić information content (AvgIpc) is 2.82. The molecule has 0 spiro atoms. The first-order chi connectivity index (χ1) is 9.35. The summed E-state index contributed by atoms with van der Waals surface area (Å²) in [6, 6.07) is 4.30. The van der Waals surface area contributed by atoms with Crippen molar-refractivity contribution >= 4 is 16.3 Å². The molecule has 0 aromatic heterocycles. The fourth-order valence-electron chi connectivity index (χ4n) is 2.29. The molecule has 0 unspecified atom stereocenters. The highest BCUT2D eigenvalue weighted by molar-refractivity contribution is 7.81. The van der Waals surface area contributed by atoms with Crippen molar-refractivity contribution < 1.29 is 21.3 Å². The van der Waals surface area contributed by atoms with Gasteiger partial charge < -0.3 is 4.18 Å². The van der Waals surface area contributed by atoms with Crippen molar-refractivity contribution in [2.24, 2.45) is 0 Å². The number of hydrogen-bond acceptors (Lipinski definition) is 5. The number of carbonyl (C=O) groups excluding carboxylic acids is 1. The maximum absolute atomic E-state index is 12.7. The molecule has 1 aliphatic rings. The smallest absolute Gasteiger partial charge is 0.358 e. The van der Waals surface area contributed by atoms with Crippen molar-refractivity contribution in [1.82, 2.24) is 4.90 Å². The van der Waals surface area contributed by atoms with Crippen molar-refractivity contribution in [3.8, 4) is 5.75 Å². The zero-order valence-electron chi connectivity index (χ0n) is 11.1. The molecule has 20 heavy (non-hydrogen) atoms. The third-order valence-corrected chi connectivity index (χ3v) is 3.63. The van der Waals surface area contributed by atoms with Crippen LogP contribution in [0.3, 0.4) is 0 Å². The molecule has 1 aliphatic heterocycles. The molecule has 5 nitrogen and oxygen atoms in total.